The molecule has 3 rings (SSSR count). The molecule has 1 aliphatic rings. The zero-order valence-electron chi connectivity index (χ0n) is 12.5. The van der Waals surface area contributed by atoms with E-state index >= 15 is 0 Å². The Balaban J connectivity index is 1.74. The third-order valence-corrected chi connectivity index (χ3v) is 4.03. The van der Waals surface area contributed by atoms with E-state index in [9.17, 15) is 4.79 Å². The summed E-state index contributed by atoms with van der Waals surface area (Å²) in [5, 5.41) is 0.648. The van der Waals surface area contributed by atoms with Crippen LogP contribution in [-0.2, 0) is 11.2 Å². The Hall–Kier alpha value is -1.72. The van der Waals surface area contributed by atoms with Gasteiger partial charge in [-0.3, -0.25) is 9.69 Å². The summed E-state index contributed by atoms with van der Waals surface area (Å²) >= 11 is 0. The van der Waals surface area contributed by atoms with Gasteiger partial charge in [-0.1, -0.05) is 12.1 Å². The number of fused-ring (bicyclic) bond motifs is 1. The minimum absolute atomic E-state index is 0.0565. The van der Waals surface area contributed by atoms with E-state index in [1.807, 2.05) is 18.2 Å². The molecule has 0 amide bonds. The molecule has 0 aliphatic carbocycles. The molecule has 1 aromatic carbocycles. The molecule has 1 N–H and O–H groups in total. The molecule has 2 aromatic rings. The molecule has 1 saturated heterocycles. The molecule has 0 spiro atoms. The van der Waals surface area contributed by atoms with Crippen LogP contribution in [0.3, 0.4) is 0 Å². The van der Waals surface area contributed by atoms with Crippen molar-refractivity contribution in [3.8, 4) is 0 Å². The summed E-state index contributed by atoms with van der Waals surface area (Å²) in [6, 6.07) is 7.86. The number of rotatable bonds is 3. The number of hydrogen-bond acceptors (Lipinski definition) is 4. The summed E-state index contributed by atoms with van der Waals surface area (Å²) in [5.41, 5.74) is 0.707. The Kier molecular flexibility index (Phi) is 4.03. The van der Waals surface area contributed by atoms with Crippen LogP contribution in [0.5, 0.6) is 0 Å². The number of morpholine rings is 1. The maximum absolute atomic E-state index is 12.0. The summed E-state index contributed by atoms with van der Waals surface area (Å²) in [5.74, 6) is 0.755. The van der Waals surface area contributed by atoms with E-state index in [1.54, 1.807) is 6.07 Å². The molecule has 21 heavy (non-hydrogen) atoms. The van der Waals surface area contributed by atoms with Gasteiger partial charge >= 0.3 is 0 Å². The largest absolute Gasteiger partial charge is 0.376 e. The zero-order chi connectivity index (χ0) is 14.8. The van der Waals surface area contributed by atoms with Crippen LogP contribution in [0.1, 0.15) is 19.7 Å². The van der Waals surface area contributed by atoms with Gasteiger partial charge in [-0.25, -0.2) is 4.98 Å². The third-order valence-electron chi connectivity index (χ3n) is 4.03. The average Bonchev–Trinajstić information content (AvgIpc) is 2.48. The SMILES string of the molecule is C[C@H]1CN(CCc2nc3ccccc3c(=O)[nH]2)[C@@H](C)CO1. The monoisotopic (exact) mass is 287 g/mol. The summed E-state index contributed by atoms with van der Waals surface area (Å²) < 4.78 is 5.63. The van der Waals surface area contributed by atoms with Crippen molar-refractivity contribution in [1.82, 2.24) is 14.9 Å². The number of aromatic amines is 1. The molecule has 5 heteroatoms. The number of para-hydroxylation sites is 1. The predicted molar refractivity (Wildman–Crippen MR) is 82.5 cm³/mol. The zero-order valence-corrected chi connectivity index (χ0v) is 12.5. The number of aromatic nitrogens is 2. The van der Waals surface area contributed by atoms with Crippen LogP contribution in [0.15, 0.2) is 29.1 Å². The molecule has 0 saturated carbocycles. The van der Waals surface area contributed by atoms with E-state index in [0.29, 0.717) is 11.4 Å². The summed E-state index contributed by atoms with van der Waals surface area (Å²) in [6.45, 7) is 6.84. The second-order valence-corrected chi connectivity index (χ2v) is 5.77. The van der Waals surface area contributed by atoms with E-state index in [2.05, 4.69) is 28.7 Å². The maximum Gasteiger partial charge on any atom is 0.258 e. The molecule has 5 nitrogen and oxygen atoms in total. The Morgan fingerprint density at radius 2 is 2.19 bits per heavy atom. The molecule has 0 bridgehead atoms. The average molecular weight is 287 g/mol. The van der Waals surface area contributed by atoms with Gasteiger partial charge in [0.25, 0.3) is 5.56 Å². The first-order chi connectivity index (χ1) is 10.1. The van der Waals surface area contributed by atoms with Crippen LogP contribution < -0.4 is 5.56 Å². The summed E-state index contributed by atoms with van der Waals surface area (Å²) in [4.78, 5) is 21.9. The fraction of sp³-hybridized carbons (Fsp3) is 0.500. The lowest BCUT2D eigenvalue weighted by molar-refractivity contribution is -0.0488. The Morgan fingerprint density at radius 1 is 1.38 bits per heavy atom. The number of H-pyrrole nitrogens is 1. The van der Waals surface area contributed by atoms with Crippen molar-refractivity contribution in [2.45, 2.75) is 32.4 Å². The highest BCUT2D eigenvalue weighted by molar-refractivity contribution is 5.77. The smallest absolute Gasteiger partial charge is 0.258 e. The minimum Gasteiger partial charge on any atom is -0.376 e. The molecule has 1 aromatic heterocycles. The number of nitrogens with one attached hydrogen (secondary N) is 1. The van der Waals surface area contributed by atoms with Gasteiger partial charge < -0.3 is 9.72 Å². The van der Waals surface area contributed by atoms with Crippen LogP contribution in [0.2, 0.25) is 0 Å². The van der Waals surface area contributed by atoms with Crippen molar-refractivity contribution in [2.75, 3.05) is 19.7 Å². The lowest BCUT2D eigenvalue weighted by Gasteiger charge is -2.36. The van der Waals surface area contributed by atoms with Gasteiger partial charge in [0, 0.05) is 25.6 Å². The Labute approximate surface area is 124 Å². The second-order valence-electron chi connectivity index (χ2n) is 5.77. The molecule has 2 heterocycles. The van der Waals surface area contributed by atoms with Crippen LogP contribution in [0.25, 0.3) is 10.9 Å². The highest BCUT2D eigenvalue weighted by Crippen LogP contribution is 2.12. The van der Waals surface area contributed by atoms with Crippen molar-refractivity contribution in [3.05, 3.63) is 40.4 Å². The predicted octanol–water partition coefficient (Wildman–Crippen LogP) is 1.57. The summed E-state index contributed by atoms with van der Waals surface area (Å²) in [7, 11) is 0. The van der Waals surface area contributed by atoms with Gasteiger partial charge in [0.15, 0.2) is 0 Å². The summed E-state index contributed by atoms with van der Waals surface area (Å²) in [6.07, 6.45) is 1.02. The minimum atomic E-state index is -0.0565. The normalized spacial score (nSPS) is 23.5. The maximum atomic E-state index is 12.0. The lowest BCUT2D eigenvalue weighted by atomic mass is 10.2. The van der Waals surface area contributed by atoms with Crippen LogP contribution >= 0.6 is 0 Å². The molecule has 112 valence electrons. The van der Waals surface area contributed by atoms with Crippen LogP contribution in [0.4, 0.5) is 0 Å². The van der Waals surface area contributed by atoms with Crippen molar-refractivity contribution < 1.29 is 4.74 Å². The van der Waals surface area contributed by atoms with Gasteiger partial charge in [0.1, 0.15) is 5.82 Å². The molecular formula is C16H21N3O2. The highest BCUT2D eigenvalue weighted by Gasteiger charge is 2.23. The lowest BCUT2D eigenvalue weighted by Crippen LogP contribution is -2.48. The molecule has 0 unspecified atom stereocenters. The number of nitrogens with zero attached hydrogens (tertiary/aromatic N) is 2. The van der Waals surface area contributed by atoms with Gasteiger partial charge in [-0.05, 0) is 26.0 Å². The number of hydrogen-bond donors (Lipinski definition) is 1. The Morgan fingerprint density at radius 3 is 3.05 bits per heavy atom. The molecule has 2 atom stereocenters. The quantitative estimate of drug-likeness (QED) is 0.931. The number of ether oxygens (including phenoxy) is 1. The van der Waals surface area contributed by atoms with Gasteiger partial charge in [0.05, 0.1) is 23.6 Å². The highest BCUT2D eigenvalue weighted by atomic mass is 16.5. The fourth-order valence-electron chi connectivity index (χ4n) is 2.79. The first kappa shape index (κ1) is 14.2. The molecule has 0 radical (unpaired) electrons. The van der Waals surface area contributed by atoms with Crippen molar-refractivity contribution in [2.24, 2.45) is 0 Å². The van der Waals surface area contributed by atoms with Crippen molar-refractivity contribution in [1.29, 1.82) is 0 Å². The standard InChI is InChI=1S/C16H21N3O2/c1-11-10-21-12(2)9-19(11)8-7-15-17-14-6-4-3-5-13(14)16(20)18-15/h3-6,11-12H,7-10H2,1-2H3,(H,17,18,20)/t11-,12-/m0/s1. The van der Waals surface area contributed by atoms with E-state index in [-0.39, 0.29) is 11.7 Å². The van der Waals surface area contributed by atoms with Gasteiger partial charge in [-0.2, -0.15) is 0 Å². The molecular weight excluding hydrogens is 266 g/mol. The fourth-order valence-corrected chi connectivity index (χ4v) is 2.79. The van der Waals surface area contributed by atoms with Gasteiger partial charge in [-0.15, -0.1) is 0 Å². The van der Waals surface area contributed by atoms with E-state index in [4.69, 9.17) is 4.74 Å². The van der Waals surface area contributed by atoms with Crippen molar-refractivity contribution >= 4 is 10.9 Å². The Bertz CT molecular complexity index is 683. The molecule has 1 aliphatic heterocycles. The molecule has 1 fully saturated rings. The van der Waals surface area contributed by atoms with Crippen molar-refractivity contribution in [3.63, 3.8) is 0 Å². The van der Waals surface area contributed by atoms with E-state index in [1.165, 1.54) is 0 Å². The van der Waals surface area contributed by atoms with Crippen LogP contribution in [0, 0.1) is 0 Å². The number of benzene rings is 1. The third kappa shape index (κ3) is 3.14. The van der Waals surface area contributed by atoms with Crippen LogP contribution in [-0.4, -0.2) is 46.7 Å². The van der Waals surface area contributed by atoms with Gasteiger partial charge in [0.2, 0.25) is 0 Å². The topological polar surface area (TPSA) is 58.2 Å². The first-order valence-electron chi connectivity index (χ1n) is 7.47. The van der Waals surface area contributed by atoms with E-state index in [0.717, 1.165) is 37.5 Å². The second kappa shape index (κ2) is 5.95. The van der Waals surface area contributed by atoms with E-state index < -0.39 is 0 Å². The first-order valence-corrected chi connectivity index (χ1v) is 7.47.